The largest absolute Gasteiger partial charge is 0.494 e. The molecule has 0 spiro atoms. The zero-order valence-corrected chi connectivity index (χ0v) is 15.3. The van der Waals surface area contributed by atoms with Crippen molar-refractivity contribution in [3.8, 4) is 5.75 Å². The predicted molar refractivity (Wildman–Crippen MR) is 93.8 cm³/mol. The Bertz CT molecular complexity index is 866. The number of halogens is 1. The first kappa shape index (κ1) is 19.9. The van der Waals surface area contributed by atoms with E-state index < -0.39 is 21.8 Å². The quantitative estimate of drug-likeness (QED) is 0.710. The summed E-state index contributed by atoms with van der Waals surface area (Å²) in [5.74, 6) is -0.811. The number of methoxy groups -OCH3 is 1. The lowest BCUT2D eigenvalue weighted by atomic mass is 10.1. The fraction of sp³-hybridized carbons (Fsp3) is 0.278. The Labute approximate surface area is 152 Å². The molecule has 1 N–H and O–H groups in total. The van der Waals surface area contributed by atoms with Crippen molar-refractivity contribution in [2.75, 3.05) is 14.2 Å². The van der Waals surface area contributed by atoms with Gasteiger partial charge in [-0.1, -0.05) is 18.2 Å². The van der Waals surface area contributed by atoms with Gasteiger partial charge in [-0.15, -0.1) is 0 Å². The van der Waals surface area contributed by atoms with E-state index in [4.69, 9.17) is 9.47 Å². The molecule has 2 aromatic rings. The van der Waals surface area contributed by atoms with Crippen LogP contribution in [0.4, 0.5) is 4.39 Å². The van der Waals surface area contributed by atoms with E-state index in [1.54, 1.807) is 18.2 Å². The van der Waals surface area contributed by atoms with Crippen molar-refractivity contribution in [3.05, 3.63) is 59.4 Å². The van der Waals surface area contributed by atoms with Gasteiger partial charge >= 0.3 is 5.97 Å². The molecular weight excluding hydrogens is 361 g/mol. The van der Waals surface area contributed by atoms with E-state index in [1.165, 1.54) is 38.4 Å². The lowest BCUT2D eigenvalue weighted by Gasteiger charge is -2.07. The van der Waals surface area contributed by atoms with Crippen LogP contribution in [0.5, 0.6) is 5.75 Å². The molecule has 140 valence electrons. The van der Waals surface area contributed by atoms with Gasteiger partial charge in [0.25, 0.3) is 0 Å². The average Bonchev–Trinajstić information content (AvgIpc) is 2.65. The number of aryl methyl sites for hydroxylation is 1. The third-order valence-corrected chi connectivity index (χ3v) is 5.17. The number of carbonyl (C=O) groups excluding carboxylic acids is 1. The molecule has 2 aromatic carbocycles. The van der Waals surface area contributed by atoms with Crippen LogP contribution in [-0.4, -0.2) is 28.5 Å². The van der Waals surface area contributed by atoms with E-state index in [0.29, 0.717) is 12.0 Å². The molecule has 0 aliphatic heterocycles. The molecule has 0 saturated heterocycles. The number of ether oxygens (including phenoxy) is 2. The van der Waals surface area contributed by atoms with Gasteiger partial charge in [0.05, 0.1) is 12.0 Å². The Kier molecular flexibility index (Phi) is 6.70. The molecule has 2 rings (SSSR count). The summed E-state index contributed by atoms with van der Waals surface area (Å²) in [6, 6.07) is 10.6. The predicted octanol–water partition coefficient (Wildman–Crippen LogP) is 2.42. The van der Waals surface area contributed by atoms with Gasteiger partial charge in [-0.3, -0.25) is 4.79 Å². The van der Waals surface area contributed by atoms with E-state index >= 15 is 0 Å². The number of nitrogens with one attached hydrogen (secondary N) is 1. The van der Waals surface area contributed by atoms with E-state index in [1.807, 2.05) is 0 Å². The van der Waals surface area contributed by atoms with Crippen molar-refractivity contribution in [2.24, 2.45) is 0 Å². The maximum Gasteiger partial charge on any atom is 0.306 e. The second-order valence-electron chi connectivity index (χ2n) is 5.48. The van der Waals surface area contributed by atoms with Crippen LogP contribution in [0.2, 0.25) is 0 Å². The van der Waals surface area contributed by atoms with Crippen molar-refractivity contribution >= 4 is 16.0 Å². The highest BCUT2D eigenvalue weighted by Gasteiger charge is 2.11. The molecule has 0 bridgehead atoms. The Hall–Kier alpha value is -2.45. The second-order valence-corrected chi connectivity index (χ2v) is 7.37. The van der Waals surface area contributed by atoms with E-state index in [-0.39, 0.29) is 23.7 Å². The van der Waals surface area contributed by atoms with Crippen LogP contribution < -0.4 is 9.46 Å². The highest BCUT2D eigenvalue weighted by Crippen LogP contribution is 2.18. The smallest absolute Gasteiger partial charge is 0.306 e. The molecule has 0 amide bonds. The Balaban J connectivity index is 1.84. The van der Waals surface area contributed by atoms with Gasteiger partial charge < -0.3 is 9.47 Å². The molecule has 0 atom stereocenters. The number of carbonyl (C=O) groups is 1. The minimum absolute atomic E-state index is 0.0287. The topological polar surface area (TPSA) is 81.7 Å². The minimum Gasteiger partial charge on any atom is -0.494 e. The van der Waals surface area contributed by atoms with Gasteiger partial charge in [-0.25, -0.2) is 17.5 Å². The molecule has 0 fully saturated rings. The normalized spacial score (nSPS) is 11.2. The number of sulfonamides is 1. The third kappa shape index (κ3) is 5.27. The van der Waals surface area contributed by atoms with Gasteiger partial charge in [0.1, 0.15) is 6.61 Å². The summed E-state index contributed by atoms with van der Waals surface area (Å²) in [4.78, 5) is 12.0. The first-order chi connectivity index (χ1) is 12.4. The lowest BCUT2D eigenvalue weighted by Crippen LogP contribution is -2.18. The molecule has 0 aliphatic carbocycles. The van der Waals surface area contributed by atoms with Gasteiger partial charge in [-0.2, -0.15) is 0 Å². The Morgan fingerprint density at radius 2 is 1.77 bits per heavy atom. The number of hydrogen-bond donors (Lipinski definition) is 1. The van der Waals surface area contributed by atoms with Gasteiger partial charge in [0, 0.05) is 6.42 Å². The Morgan fingerprint density at radius 3 is 2.35 bits per heavy atom. The van der Waals surface area contributed by atoms with Crippen LogP contribution in [0.1, 0.15) is 17.5 Å². The van der Waals surface area contributed by atoms with E-state index in [9.17, 15) is 17.6 Å². The average molecular weight is 381 g/mol. The van der Waals surface area contributed by atoms with Crippen LogP contribution in [0.25, 0.3) is 0 Å². The molecule has 0 saturated carbocycles. The molecule has 0 heterocycles. The summed E-state index contributed by atoms with van der Waals surface area (Å²) in [7, 11) is -0.760. The first-order valence-corrected chi connectivity index (χ1v) is 9.34. The summed E-state index contributed by atoms with van der Waals surface area (Å²) in [6.45, 7) is -0.0287. The standard InChI is InChI=1S/C18H20FNO5S/c1-20-26(22,23)15-7-3-13(4-8-15)6-10-18(21)25-12-14-5-9-17(24-2)16(19)11-14/h3-5,7-9,11,20H,6,10,12H2,1-2H3. The van der Waals surface area contributed by atoms with Crippen molar-refractivity contribution in [1.82, 2.24) is 4.72 Å². The number of rotatable bonds is 8. The van der Waals surface area contributed by atoms with Crippen LogP contribution in [0, 0.1) is 5.82 Å². The summed E-state index contributed by atoms with van der Waals surface area (Å²) in [5, 5.41) is 0. The molecule has 0 radical (unpaired) electrons. The molecule has 0 aliphatic rings. The maximum absolute atomic E-state index is 13.6. The van der Waals surface area contributed by atoms with E-state index in [0.717, 1.165) is 5.56 Å². The van der Waals surface area contributed by atoms with Crippen LogP contribution in [0.3, 0.4) is 0 Å². The highest BCUT2D eigenvalue weighted by atomic mass is 32.2. The van der Waals surface area contributed by atoms with Gasteiger partial charge in [-0.05, 0) is 48.9 Å². The first-order valence-electron chi connectivity index (χ1n) is 7.86. The highest BCUT2D eigenvalue weighted by molar-refractivity contribution is 7.89. The zero-order chi connectivity index (χ0) is 19.2. The van der Waals surface area contributed by atoms with Crippen molar-refractivity contribution in [3.63, 3.8) is 0 Å². The molecule has 0 unspecified atom stereocenters. The molecule has 8 heteroatoms. The monoisotopic (exact) mass is 381 g/mol. The number of hydrogen-bond acceptors (Lipinski definition) is 5. The SMILES string of the molecule is CNS(=O)(=O)c1ccc(CCC(=O)OCc2ccc(OC)c(F)c2)cc1. The number of benzene rings is 2. The summed E-state index contributed by atoms with van der Waals surface area (Å²) < 4.78 is 49.0. The van der Waals surface area contributed by atoms with Crippen molar-refractivity contribution < 1.29 is 27.1 Å². The fourth-order valence-electron chi connectivity index (χ4n) is 2.24. The molecule has 0 aromatic heterocycles. The fourth-order valence-corrected chi connectivity index (χ4v) is 2.97. The van der Waals surface area contributed by atoms with Crippen molar-refractivity contribution in [1.29, 1.82) is 0 Å². The van der Waals surface area contributed by atoms with Crippen LogP contribution in [-0.2, 0) is 32.6 Å². The molecular formula is C18H20FNO5S. The minimum atomic E-state index is -3.48. The van der Waals surface area contributed by atoms with Gasteiger partial charge in [0.2, 0.25) is 10.0 Å². The van der Waals surface area contributed by atoms with Crippen LogP contribution in [0.15, 0.2) is 47.4 Å². The summed E-state index contributed by atoms with van der Waals surface area (Å²) in [6.07, 6.45) is 0.548. The summed E-state index contributed by atoms with van der Waals surface area (Å²) in [5.41, 5.74) is 1.34. The molecule has 26 heavy (non-hydrogen) atoms. The van der Waals surface area contributed by atoms with Crippen molar-refractivity contribution in [2.45, 2.75) is 24.3 Å². The molecule has 6 nitrogen and oxygen atoms in total. The van der Waals surface area contributed by atoms with Crippen LogP contribution >= 0.6 is 0 Å². The van der Waals surface area contributed by atoms with Gasteiger partial charge in [0.15, 0.2) is 11.6 Å². The lowest BCUT2D eigenvalue weighted by molar-refractivity contribution is -0.144. The maximum atomic E-state index is 13.6. The van der Waals surface area contributed by atoms with E-state index in [2.05, 4.69) is 4.72 Å². The summed E-state index contributed by atoms with van der Waals surface area (Å²) >= 11 is 0. The number of esters is 1. The third-order valence-electron chi connectivity index (χ3n) is 3.74. The Morgan fingerprint density at radius 1 is 1.12 bits per heavy atom. The zero-order valence-electron chi connectivity index (χ0n) is 14.5. The second kappa shape index (κ2) is 8.77.